The molecule has 218 valence electrons. The third-order valence-corrected chi connectivity index (χ3v) is 6.93. The van der Waals surface area contributed by atoms with E-state index in [1.807, 2.05) is 169 Å². The summed E-state index contributed by atoms with van der Waals surface area (Å²) in [5.74, 6) is 3.16. The average Bonchev–Trinajstić information content (AvgIpc) is 3.11. The van der Waals surface area contributed by atoms with Gasteiger partial charge in [0.25, 0.3) is 0 Å². The van der Waals surface area contributed by atoms with Crippen molar-refractivity contribution in [1.29, 1.82) is 0 Å². The number of para-hydroxylation sites is 4. The molecule has 0 saturated carbocycles. The highest BCUT2D eigenvalue weighted by Crippen LogP contribution is 2.30. The Balaban J connectivity index is 1.26. The van der Waals surface area contributed by atoms with E-state index in [4.69, 9.17) is 14.6 Å². The average molecular weight is 585 g/mol. The lowest BCUT2D eigenvalue weighted by Crippen LogP contribution is -2.08. The minimum atomic E-state index is 0.778. The third-order valence-electron chi connectivity index (χ3n) is 6.93. The molecule has 0 fully saturated rings. The van der Waals surface area contributed by atoms with Crippen LogP contribution >= 0.6 is 0 Å². The van der Waals surface area contributed by atoms with Crippen molar-refractivity contribution in [3.63, 3.8) is 0 Å². The molecule has 0 bridgehead atoms. The zero-order valence-corrected chi connectivity index (χ0v) is 24.7. The van der Waals surface area contributed by atoms with Crippen molar-refractivity contribution in [2.45, 2.75) is 0 Å². The van der Waals surface area contributed by atoms with Crippen LogP contribution in [0, 0.1) is 0 Å². The zero-order chi connectivity index (χ0) is 30.5. The molecule has 0 heterocycles. The molecular formula is C41H32N2O2. The second-order valence-electron chi connectivity index (χ2n) is 10.1. The summed E-state index contributed by atoms with van der Waals surface area (Å²) in [6.45, 7) is 0. The van der Waals surface area contributed by atoms with E-state index in [1.165, 1.54) is 0 Å². The summed E-state index contributed by atoms with van der Waals surface area (Å²) in [6, 6.07) is 56.1. The molecule has 6 rings (SSSR count). The van der Waals surface area contributed by atoms with Crippen LogP contribution in [0.15, 0.2) is 193 Å². The number of rotatable bonds is 11. The van der Waals surface area contributed by atoms with Crippen LogP contribution in [0.4, 0.5) is 11.4 Å². The van der Waals surface area contributed by atoms with Gasteiger partial charge in [-0.05, 0) is 95.6 Å². The molecule has 0 aliphatic rings. The molecule has 0 radical (unpaired) electrons. The van der Waals surface area contributed by atoms with Crippen molar-refractivity contribution in [2.75, 3.05) is 5.01 Å². The molecule has 0 aliphatic heterocycles. The fourth-order valence-corrected chi connectivity index (χ4v) is 4.74. The van der Waals surface area contributed by atoms with Crippen LogP contribution in [-0.2, 0) is 0 Å². The molecule has 0 N–H and O–H groups in total. The standard InChI is InChI=1S/C41H32N2O2/c1-5-15-35(16-6-1)43(36-17-7-2-8-18-36)42-32-14-13-23-41(33-24-28-39(29-25-33)44-37-19-9-3-10-20-37)34-26-30-40(31-27-34)45-38-21-11-4-12-22-38/h1-32H. The molecule has 6 aromatic carbocycles. The van der Waals surface area contributed by atoms with Crippen molar-refractivity contribution < 1.29 is 9.47 Å². The maximum atomic E-state index is 6.03. The molecule has 0 atom stereocenters. The van der Waals surface area contributed by atoms with Gasteiger partial charge in [-0.25, -0.2) is 5.01 Å². The molecule has 0 aromatic heterocycles. The van der Waals surface area contributed by atoms with Gasteiger partial charge in [0.05, 0.1) is 11.4 Å². The summed E-state index contributed by atoms with van der Waals surface area (Å²) in [4.78, 5) is 0. The molecular weight excluding hydrogens is 552 g/mol. The molecule has 4 heteroatoms. The van der Waals surface area contributed by atoms with Crippen LogP contribution < -0.4 is 14.5 Å². The minimum Gasteiger partial charge on any atom is -0.457 e. The summed E-state index contributed by atoms with van der Waals surface area (Å²) in [7, 11) is 0. The normalized spacial score (nSPS) is 10.9. The van der Waals surface area contributed by atoms with Gasteiger partial charge in [0.1, 0.15) is 23.0 Å². The van der Waals surface area contributed by atoms with Crippen molar-refractivity contribution in [3.8, 4) is 23.0 Å². The highest BCUT2D eigenvalue weighted by molar-refractivity contribution is 5.83. The van der Waals surface area contributed by atoms with E-state index in [0.29, 0.717) is 0 Å². The number of anilines is 2. The number of ether oxygens (including phenoxy) is 2. The van der Waals surface area contributed by atoms with E-state index in [1.54, 1.807) is 0 Å². The first-order chi connectivity index (χ1) is 22.3. The van der Waals surface area contributed by atoms with Gasteiger partial charge in [-0.2, -0.15) is 5.10 Å². The van der Waals surface area contributed by atoms with E-state index in [2.05, 4.69) is 30.3 Å². The van der Waals surface area contributed by atoms with Crippen LogP contribution in [-0.4, -0.2) is 6.21 Å². The summed E-state index contributed by atoms with van der Waals surface area (Å²) >= 11 is 0. The number of benzene rings is 6. The maximum Gasteiger partial charge on any atom is 0.127 e. The zero-order valence-electron chi connectivity index (χ0n) is 24.7. The van der Waals surface area contributed by atoms with Gasteiger partial charge in [0, 0.05) is 6.21 Å². The van der Waals surface area contributed by atoms with E-state index < -0.39 is 0 Å². The van der Waals surface area contributed by atoms with Gasteiger partial charge in [-0.3, -0.25) is 0 Å². The fraction of sp³-hybridized carbons (Fsp3) is 0. The summed E-state index contributed by atoms with van der Waals surface area (Å²) in [6.07, 6.45) is 7.86. The molecule has 0 spiro atoms. The van der Waals surface area contributed by atoms with Gasteiger partial charge in [-0.1, -0.05) is 109 Å². The lowest BCUT2D eigenvalue weighted by atomic mass is 9.97. The van der Waals surface area contributed by atoms with Crippen molar-refractivity contribution in [3.05, 3.63) is 199 Å². The first-order valence-corrected chi connectivity index (χ1v) is 14.8. The van der Waals surface area contributed by atoms with Crippen LogP contribution in [0.25, 0.3) is 5.57 Å². The van der Waals surface area contributed by atoms with Crippen LogP contribution in [0.5, 0.6) is 23.0 Å². The molecule has 0 amide bonds. The van der Waals surface area contributed by atoms with Crippen LogP contribution in [0.1, 0.15) is 11.1 Å². The number of hydrazone groups is 1. The number of nitrogens with zero attached hydrogens (tertiary/aromatic N) is 2. The Labute approximate surface area is 264 Å². The molecule has 0 unspecified atom stereocenters. The second-order valence-corrected chi connectivity index (χ2v) is 10.1. The van der Waals surface area contributed by atoms with Crippen molar-refractivity contribution in [1.82, 2.24) is 0 Å². The predicted molar refractivity (Wildman–Crippen MR) is 186 cm³/mol. The van der Waals surface area contributed by atoms with E-state index >= 15 is 0 Å². The quantitative estimate of drug-likeness (QED) is 0.0863. The monoisotopic (exact) mass is 584 g/mol. The van der Waals surface area contributed by atoms with Crippen LogP contribution in [0.2, 0.25) is 0 Å². The number of hydrogen-bond donors (Lipinski definition) is 0. The summed E-state index contributed by atoms with van der Waals surface area (Å²) in [5.41, 5.74) is 5.15. The highest BCUT2D eigenvalue weighted by Gasteiger charge is 2.08. The SMILES string of the molecule is C(=CC=C(c1ccc(Oc2ccccc2)cc1)c1ccc(Oc2ccccc2)cc1)C=NN(c1ccccc1)c1ccccc1. The lowest BCUT2D eigenvalue weighted by Gasteiger charge is -2.18. The Hall–Kier alpha value is -6.13. The minimum absolute atomic E-state index is 0.778. The van der Waals surface area contributed by atoms with Crippen LogP contribution in [0.3, 0.4) is 0 Å². The molecule has 45 heavy (non-hydrogen) atoms. The fourth-order valence-electron chi connectivity index (χ4n) is 4.74. The first-order valence-electron chi connectivity index (χ1n) is 14.8. The van der Waals surface area contributed by atoms with Gasteiger partial charge < -0.3 is 9.47 Å². The van der Waals surface area contributed by atoms with E-state index in [0.717, 1.165) is 51.1 Å². The second kappa shape index (κ2) is 14.9. The first kappa shape index (κ1) is 29.0. The summed E-state index contributed by atoms with van der Waals surface area (Å²) < 4.78 is 12.1. The smallest absolute Gasteiger partial charge is 0.127 e. The van der Waals surface area contributed by atoms with E-state index in [9.17, 15) is 0 Å². The van der Waals surface area contributed by atoms with Crippen molar-refractivity contribution >= 4 is 23.2 Å². The largest absolute Gasteiger partial charge is 0.457 e. The third kappa shape index (κ3) is 8.04. The Morgan fingerprint density at radius 1 is 0.422 bits per heavy atom. The Bertz CT molecular complexity index is 1720. The van der Waals surface area contributed by atoms with E-state index in [-0.39, 0.29) is 0 Å². The predicted octanol–water partition coefficient (Wildman–Crippen LogP) is 11.1. The Morgan fingerprint density at radius 2 is 0.800 bits per heavy atom. The molecule has 0 saturated heterocycles. The number of hydrogen-bond acceptors (Lipinski definition) is 4. The van der Waals surface area contributed by atoms with Gasteiger partial charge in [-0.15, -0.1) is 0 Å². The molecule has 4 nitrogen and oxygen atoms in total. The topological polar surface area (TPSA) is 34.1 Å². The molecule has 6 aromatic rings. The Kier molecular flexibility index (Phi) is 9.56. The van der Waals surface area contributed by atoms with Crippen molar-refractivity contribution in [2.24, 2.45) is 5.10 Å². The lowest BCUT2D eigenvalue weighted by molar-refractivity contribution is 0.482. The van der Waals surface area contributed by atoms with Gasteiger partial charge in [0.2, 0.25) is 0 Å². The number of allylic oxidation sites excluding steroid dienone is 3. The Morgan fingerprint density at radius 3 is 1.22 bits per heavy atom. The van der Waals surface area contributed by atoms with Gasteiger partial charge in [0.15, 0.2) is 0 Å². The highest BCUT2D eigenvalue weighted by atomic mass is 16.5. The maximum absolute atomic E-state index is 6.03. The van der Waals surface area contributed by atoms with Gasteiger partial charge >= 0.3 is 0 Å². The molecule has 0 aliphatic carbocycles. The summed E-state index contributed by atoms with van der Waals surface area (Å²) in [5, 5.41) is 6.69.